The average molecular weight is 302 g/mol. The Morgan fingerprint density at radius 2 is 1.00 bits per heavy atom. The summed E-state index contributed by atoms with van der Waals surface area (Å²) < 4.78 is 13.4. The highest BCUT2D eigenvalue weighted by Gasteiger charge is 2.12. The Bertz CT molecular complexity index is 547. The molecule has 0 unspecified atom stereocenters. The maximum atomic E-state index is 11.6. The first kappa shape index (κ1) is 15.6. The van der Waals surface area contributed by atoms with Gasteiger partial charge in [0.2, 0.25) is 13.1 Å². The van der Waals surface area contributed by atoms with Gasteiger partial charge in [-0.05, 0) is 0 Å². The van der Waals surface area contributed by atoms with E-state index in [0.717, 1.165) is 0 Å². The summed E-state index contributed by atoms with van der Waals surface area (Å²) in [5.41, 5.74) is 0. The average Bonchev–Trinajstić information content (AvgIpc) is 2.53. The van der Waals surface area contributed by atoms with E-state index in [4.69, 9.17) is 9.47 Å². The van der Waals surface area contributed by atoms with E-state index in [9.17, 15) is 9.59 Å². The fourth-order valence-electron chi connectivity index (χ4n) is 1.78. The van der Waals surface area contributed by atoms with E-state index in [1.54, 1.807) is 33.9 Å². The summed E-state index contributed by atoms with van der Waals surface area (Å²) in [5.74, 6) is -0.741. The van der Waals surface area contributed by atoms with E-state index in [1.807, 2.05) is 36.4 Å². The van der Waals surface area contributed by atoms with E-state index in [2.05, 4.69) is 0 Å². The van der Waals surface area contributed by atoms with Crippen molar-refractivity contribution >= 4 is 11.9 Å². The molecule has 22 heavy (non-hydrogen) atoms. The van der Waals surface area contributed by atoms with Gasteiger partial charge in [-0.1, -0.05) is 12.1 Å². The van der Waals surface area contributed by atoms with Crippen molar-refractivity contribution in [3.63, 3.8) is 0 Å². The fraction of sp³-hybridized carbons (Fsp3) is 0.250. The van der Waals surface area contributed by atoms with Crippen LogP contribution in [0.4, 0.5) is 0 Å². The van der Waals surface area contributed by atoms with Crippen molar-refractivity contribution in [2.24, 2.45) is 0 Å². The molecule has 6 heteroatoms. The lowest BCUT2D eigenvalue weighted by atomic mass is 10.5. The van der Waals surface area contributed by atoms with Gasteiger partial charge in [0.1, 0.15) is 13.2 Å². The molecule has 0 N–H and O–H groups in total. The van der Waals surface area contributed by atoms with Crippen molar-refractivity contribution in [2.45, 2.75) is 13.1 Å². The maximum absolute atomic E-state index is 11.6. The van der Waals surface area contributed by atoms with Crippen LogP contribution < -0.4 is 9.13 Å². The van der Waals surface area contributed by atoms with Crippen LogP contribution in [0.3, 0.4) is 0 Å². The van der Waals surface area contributed by atoms with Gasteiger partial charge in [0.05, 0.1) is 0 Å². The second kappa shape index (κ2) is 8.51. The lowest BCUT2D eigenvalue weighted by Crippen LogP contribution is -2.38. The van der Waals surface area contributed by atoms with Crippen molar-refractivity contribution in [3.8, 4) is 0 Å². The Morgan fingerprint density at radius 3 is 1.36 bits per heavy atom. The number of rotatable bonds is 7. The molecule has 0 radical (unpaired) electrons. The molecule has 2 aromatic rings. The Morgan fingerprint density at radius 1 is 0.636 bits per heavy atom. The van der Waals surface area contributed by atoms with Crippen LogP contribution in [0.15, 0.2) is 61.2 Å². The van der Waals surface area contributed by atoms with E-state index in [-0.39, 0.29) is 38.2 Å². The molecule has 2 aromatic heterocycles. The third kappa shape index (κ3) is 5.70. The second-order valence-corrected chi connectivity index (χ2v) is 4.54. The van der Waals surface area contributed by atoms with Crippen LogP contribution in [-0.2, 0) is 32.2 Å². The van der Waals surface area contributed by atoms with Crippen LogP contribution in [0.2, 0.25) is 0 Å². The van der Waals surface area contributed by atoms with Crippen molar-refractivity contribution in [2.75, 3.05) is 13.2 Å². The van der Waals surface area contributed by atoms with Gasteiger partial charge < -0.3 is 9.47 Å². The lowest BCUT2D eigenvalue weighted by molar-refractivity contribution is -0.686. The second-order valence-electron chi connectivity index (χ2n) is 4.54. The number of aromatic nitrogens is 2. The largest absolute Gasteiger partial charge is 0.457 e. The van der Waals surface area contributed by atoms with Crippen molar-refractivity contribution < 1.29 is 28.2 Å². The SMILES string of the molecule is O=C(C[n+]1ccccc1)OCCOC(=O)C[n+]1ccccc1. The molecule has 0 amide bonds. The van der Waals surface area contributed by atoms with Crippen molar-refractivity contribution in [1.82, 2.24) is 0 Å². The smallest absolute Gasteiger partial charge is 0.372 e. The van der Waals surface area contributed by atoms with Crippen LogP contribution in [0.25, 0.3) is 0 Å². The zero-order chi connectivity index (χ0) is 15.6. The number of hydrogen-bond donors (Lipinski definition) is 0. The summed E-state index contributed by atoms with van der Waals surface area (Å²) in [6, 6.07) is 11.1. The van der Waals surface area contributed by atoms with Gasteiger partial charge >= 0.3 is 11.9 Å². The predicted molar refractivity (Wildman–Crippen MR) is 75.2 cm³/mol. The van der Waals surface area contributed by atoms with Crippen LogP contribution in [0.1, 0.15) is 0 Å². The minimum Gasteiger partial charge on any atom is -0.457 e. The number of nitrogens with zero attached hydrogens (tertiary/aromatic N) is 2. The molecule has 0 bridgehead atoms. The first-order valence-electron chi connectivity index (χ1n) is 6.93. The lowest BCUT2D eigenvalue weighted by Gasteiger charge is -2.04. The number of carbonyl (C=O) groups is 2. The minimum atomic E-state index is -0.371. The molecule has 6 nitrogen and oxygen atoms in total. The van der Waals surface area contributed by atoms with E-state index in [0.29, 0.717) is 0 Å². The Hall–Kier alpha value is -2.76. The Balaban J connectivity index is 1.60. The molecule has 114 valence electrons. The van der Waals surface area contributed by atoms with Crippen molar-refractivity contribution in [3.05, 3.63) is 61.2 Å². The van der Waals surface area contributed by atoms with E-state index >= 15 is 0 Å². The number of pyridine rings is 2. The molecule has 0 aromatic carbocycles. The summed E-state index contributed by atoms with van der Waals surface area (Å²) >= 11 is 0. The molecular weight excluding hydrogens is 284 g/mol. The van der Waals surface area contributed by atoms with Crippen LogP contribution in [0, 0.1) is 0 Å². The third-order valence-corrected chi connectivity index (χ3v) is 2.79. The standard InChI is InChI=1S/C16H18N2O4/c19-15(13-17-7-3-1-4-8-17)21-11-12-22-16(20)14-18-9-5-2-6-10-18/h1-10H,11-14H2/q+2. The van der Waals surface area contributed by atoms with Gasteiger partial charge in [0.25, 0.3) is 0 Å². The first-order valence-corrected chi connectivity index (χ1v) is 6.93. The summed E-state index contributed by atoms with van der Waals surface area (Å²) in [6.45, 7) is 0.373. The van der Waals surface area contributed by atoms with Gasteiger partial charge in [-0.25, -0.2) is 9.59 Å². The highest BCUT2D eigenvalue weighted by Crippen LogP contribution is 1.85. The molecule has 0 saturated carbocycles. The molecule has 0 aliphatic heterocycles. The minimum absolute atomic E-state index is 0.0530. The zero-order valence-corrected chi connectivity index (χ0v) is 12.1. The monoisotopic (exact) mass is 302 g/mol. The van der Waals surface area contributed by atoms with Gasteiger partial charge in [0.15, 0.2) is 24.8 Å². The van der Waals surface area contributed by atoms with Gasteiger partial charge in [-0.15, -0.1) is 0 Å². The van der Waals surface area contributed by atoms with Crippen LogP contribution in [-0.4, -0.2) is 25.2 Å². The number of ether oxygens (including phenoxy) is 2. The molecule has 0 aliphatic rings. The summed E-state index contributed by atoms with van der Waals surface area (Å²) in [6.07, 6.45) is 7.10. The normalized spacial score (nSPS) is 10.0. The first-order chi connectivity index (χ1) is 10.7. The molecule has 0 saturated heterocycles. The third-order valence-electron chi connectivity index (χ3n) is 2.79. The highest BCUT2D eigenvalue weighted by atomic mass is 16.6. The molecule has 0 atom stereocenters. The molecule has 0 spiro atoms. The summed E-state index contributed by atoms with van der Waals surface area (Å²) in [4.78, 5) is 23.1. The highest BCUT2D eigenvalue weighted by molar-refractivity contribution is 5.68. The topological polar surface area (TPSA) is 60.4 Å². The van der Waals surface area contributed by atoms with Crippen LogP contribution in [0.5, 0.6) is 0 Å². The molecule has 0 aliphatic carbocycles. The fourth-order valence-corrected chi connectivity index (χ4v) is 1.78. The molecular formula is C16H18N2O4+2. The Kier molecular flexibility index (Phi) is 6.04. The van der Waals surface area contributed by atoms with Crippen molar-refractivity contribution in [1.29, 1.82) is 0 Å². The zero-order valence-electron chi connectivity index (χ0n) is 12.1. The van der Waals surface area contributed by atoms with E-state index in [1.165, 1.54) is 0 Å². The van der Waals surface area contributed by atoms with Gasteiger partial charge in [-0.2, -0.15) is 9.13 Å². The quantitative estimate of drug-likeness (QED) is 0.412. The summed E-state index contributed by atoms with van der Waals surface area (Å²) in [7, 11) is 0. The van der Waals surface area contributed by atoms with Crippen LogP contribution >= 0.6 is 0 Å². The molecule has 2 heterocycles. The molecule has 0 fully saturated rings. The Labute approximate surface area is 128 Å². The molecule has 2 rings (SSSR count). The van der Waals surface area contributed by atoms with Gasteiger partial charge in [-0.3, -0.25) is 0 Å². The van der Waals surface area contributed by atoms with Gasteiger partial charge in [0, 0.05) is 24.3 Å². The number of hydrogen-bond acceptors (Lipinski definition) is 4. The summed E-state index contributed by atoms with van der Waals surface area (Å²) in [5, 5.41) is 0. The number of esters is 2. The predicted octanol–water partition coefficient (Wildman–Crippen LogP) is 0.0482. The maximum Gasteiger partial charge on any atom is 0.372 e. The van der Waals surface area contributed by atoms with E-state index < -0.39 is 0 Å². The number of carbonyl (C=O) groups excluding carboxylic acids is 2.